The minimum Gasteiger partial charge on any atom is -0.496 e. The highest BCUT2D eigenvalue weighted by molar-refractivity contribution is 7.89. The average Bonchev–Trinajstić information content (AvgIpc) is 2.50. The summed E-state index contributed by atoms with van der Waals surface area (Å²) in [5, 5.41) is 0. The van der Waals surface area contributed by atoms with Crippen LogP contribution in [0.1, 0.15) is 25.3 Å². The lowest BCUT2D eigenvalue weighted by Crippen LogP contribution is -2.38. The van der Waals surface area contributed by atoms with Crippen molar-refractivity contribution in [2.45, 2.75) is 31.6 Å². The molecule has 0 unspecified atom stereocenters. The number of ether oxygens (including phenoxy) is 1. The van der Waals surface area contributed by atoms with E-state index in [1.165, 1.54) is 24.1 Å². The molecule has 0 aliphatic rings. The molecule has 1 aromatic carbocycles. The van der Waals surface area contributed by atoms with Crippen LogP contribution in [0.15, 0.2) is 23.1 Å². The first-order valence-corrected chi connectivity index (χ1v) is 8.68. The highest BCUT2D eigenvalue weighted by Crippen LogP contribution is 2.21. The second kappa shape index (κ2) is 8.14. The largest absolute Gasteiger partial charge is 0.496 e. The highest BCUT2D eigenvalue weighted by atomic mass is 32.2. The van der Waals surface area contributed by atoms with E-state index in [0.717, 1.165) is 18.4 Å². The van der Waals surface area contributed by atoms with Crippen LogP contribution in [0.25, 0.3) is 0 Å². The van der Waals surface area contributed by atoms with E-state index in [1.807, 2.05) is 6.92 Å². The van der Waals surface area contributed by atoms with Crippen LogP contribution >= 0.6 is 0 Å². The lowest BCUT2D eigenvalue weighted by molar-refractivity contribution is -0.128. The number of nitrogens with zero attached hydrogens (tertiary/aromatic N) is 1. The van der Waals surface area contributed by atoms with Gasteiger partial charge in [0.05, 0.1) is 18.6 Å². The van der Waals surface area contributed by atoms with E-state index in [0.29, 0.717) is 12.3 Å². The fourth-order valence-electron chi connectivity index (χ4n) is 1.91. The van der Waals surface area contributed by atoms with Gasteiger partial charge >= 0.3 is 0 Å². The number of carbonyl (C=O) groups is 1. The molecule has 0 aliphatic heterocycles. The molecular weight excluding hydrogens is 304 g/mol. The van der Waals surface area contributed by atoms with Crippen molar-refractivity contribution >= 4 is 15.9 Å². The molecule has 0 aliphatic carbocycles. The number of benzene rings is 1. The summed E-state index contributed by atoms with van der Waals surface area (Å²) in [6.07, 6.45) is 1.88. The Morgan fingerprint density at radius 3 is 2.59 bits per heavy atom. The fourth-order valence-corrected chi connectivity index (χ4v) is 2.97. The Morgan fingerprint density at radius 1 is 1.36 bits per heavy atom. The van der Waals surface area contributed by atoms with Gasteiger partial charge in [0.25, 0.3) is 0 Å². The SMILES string of the molecule is CCCCN(C)C(=O)CNS(=O)(=O)c1ccc(OC)c(C)c1. The predicted octanol–water partition coefficient (Wildman–Crippen LogP) is 1.54. The summed E-state index contributed by atoms with van der Waals surface area (Å²) in [6, 6.07) is 4.57. The van der Waals surface area contributed by atoms with Crippen molar-refractivity contribution in [1.29, 1.82) is 0 Å². The van der Waals surface area contributed by atoms with E-state index in [-0.39, 0.29) is 17.3 Å². The topological polar surface area (TPSA) is 75.7 Å². The fraction of sp³-hybridized carbons (Fsp3) is 0.533. The molecule has 0 radical (unpaired) electrons. The number of likely N-dealkylation sites (N-methyl/N-ethyl adjacent to an activating group) is 1. The van der Waals surface area contributed by atoms with Crippen molar-refractivity contribution in [3.8, 4) is 5.75 Å². The Labute approximate surface area is 132 Å². The average molecular weight is 328 g/mol. The van der Waals surface area contributed by atoms with Gasteiger partial charge in [0.15, 0.2) is 0 Å². The van der Waals surface area contributed by atoms with E-state index < -0.39 is 10.0 Å². The molecule has 0 saturated heterocycles. The van der Waals surface area contributed by atoms with E-state index in [9.17, 15) is 13.2 Å². The summed E-state index contributed by atoms with van der Waals surface area (Å²) in [4.78, 5) is 13.5. The summed E-state index contributed by atoms with van der Waals surface area (Å²) in [5.41, 5.74) is 0.719. The molecule has 0 atom stereocenters. The van der Waals surface area contributed by atoms with Crippen molar-refractivity contribution in [3.63, 3.8) is 0 Å². The van der Waals surface area contributed by atoms with Crippen LogP contribution < -0.4 is 9.46 Å². The van der Waals surface area contributed by atoms with E-state index >= 15 is 0 Å². The standard InChI is InChI=1S/C15H24N2O4S/c1-5-6-9-17(3)15(18)11-16-22(19,20)13-7-8-14(21-4)12(2)10-13/h7-8,10,16H,5-6,9,11H2,1-4H3. The maximum Gasteiger partial charge on any atom is 0.241 e. The molecule has 1 aromatic rings. The summed E-state index contributed by atoms with van der Waals surface area (Å²) in [7, 11) is -0.512. The van der Waals surface area contributed by atoms with Crippen LogP contribution in [0.3, 0.4) is 0 Å². The molecule has 1 rings (SSSR count). The summed E-state index contributed by atoms with van der Waals surface area (Å²) in [5.74, 6) is 0.372. The molecule has 1 amide bonds. The summed E-state index contributed by atoms with van der Waals surface area (Å²) < 4.78 is 31.8. The van der Waals surface area contributed by atoms with E-state index in [4.69, 9.17) is 4.74 Å². The Morgan fingerprint density at radius 2 is 2.05 bits per heavy atom. The smallest absolute Gasteiger partial charge is 0.241 e. The number of nitrogens with one attached hydrogen (secondary N) is 1. The molecule has 0 heterocycles. The Balaban J connectivity index is 2.72. The summed E-state index contributed by atoms with van der Waals surface area (Å²) >= 11 is 0. The zero-order valence-electron chi connectivity index (χ0n) is 13.5. The molecule has 124 valence electrons. The van der Waals surface area contributed by atoms with Crippen LogP contribution in [-0.4, -0.2) is 46.5 Å². The number of unbranched alkanes of at least 4 members (excludes halogenated alkanes) is 1. The van der Waals surface area contributed by atoms with Crippen molar-refractivity contribution in [2.75, 3.05) is 27.2 Å². The van der Waals surface area contributed by atoms with Gasteiger partial charge in [-0.1, -0.05) is 13.3 Å². The number of carbonyl (C=O) groups excluding carboxylic acids is 1. The molecule has 0 bridgehead atoms. The van der Waals surface area contributed by atoms with Gasteiger partial charge in [-0.2, -0.15) is 0 Å². The first kappa shape index (κ1) is 18.4. The van der Waals surface area contributed by atoms with Gasteiger partial charge in [0.1, 0.15) is 5.75 Å². The van der Waals surface area contributed by atoms with Gasteiger partial charge in [-0.05, 0) is 37.1 Å². The molecule has 1 N–H and O–H groups in total. The third-order valence-corrected chi connectivity index (χ3v) is 4.76. The first-order valence-electron chi connectivity index (χ1n) is 7.20. The molecule has 0 aromatic heterocycles. The molecule has 22 heavy (non-hydrogen) atoms. The van der Waals surface area contributed by atoms with Crippen LogP contribution in [0.2, 0.25) is 0 Å². The maximum absolute atomic E-state index is 12.2. The van der Waals surface area contributed by atoms with Gasteiger partial charge in [-0.15, -0.1) is 0 Å². The quantitative estimate of drug-likeness (QED) is 0.785. The molecular formula is C15H24N2O4S. The van der Waals surface area contributed by atoms with Gasteiger partial charge in [0, 0.05) is 13.6 Å². The van der Waals surface area contributed by atoms with Crippen molar-refractivity contribution in [3.05, 3.63) is 23.8 Å². The van der Waals surface area contributed by atoms with Crippen LogP contribution in [0.4, 0.5) is 0 Å². The molecule has 0 fully saturated rings. The second-order valence-electron chi connectivity index (χ2n) is 5.12. The Kier molecular flexibility index (Phi) is 6.83. The van der Waals surface area contributed by atoms with Crippen molar-refractivity contribution < 1.29 is 17.9 Å². The number of hydrogen-bond acceptors (Lipinski definition) is 4. The van der Waals surface area contributed by atoms with E-state index in [1.54, 1.807) is 20.0 Å². The third-order valence-electron chi connectivity index (χ3n) is 3.36. The van der Waals surface area contributed by atoms with Gasteiger partial charge in [0.2, 0.25) is 15.9 Å². The monoisotopic (exact) mass is 328 g/mol. The first-order chi connectivity index (χ1) is 10.3. The lowest BCUT2D eigenvalue weighted by atomic mass is 10.2. The number of rotatable bonds is 8. The van der Waals surface area contributed by atoms with Gasteiger partial charge in [-0.25, -0.2) is 13.1 Å². The Hall–Kier alpha value is -1.60. The number of amides is 1. The minimum atomic E-state index is -3.71. The number of sulfonamides is 1. The van der Waals surface area contributed by atoms with Crippen LogP contribution in [-0.2, 0) is 14.8 Å². The number of aryl methyl sites for hydroxylation is 1. The summed E-state index contributed by atoms with van der Waals surface area (Å²) in [6.45, 7) is 4.18. The Bertz CT molecular complexity index is 614. The normalized spacial score (nSPS) is 11.3. The van der Waals surface area contributed by atoms with Crippen molar-refractivity contribution in [2.24, 2.45) is 0 Å². The number of hydrogen-bond donors (Lipinski definition) is 1. The van der Waals surface area contributed by atoms with E-state index in [2.05, 4.69) is 4.72 Å². The number of methoxy groups -OCH3 is 1. The lowest BCUT2D eigenvalue weighted by Gasteiger charge is -2.17. The van der Waals surface area contributed by atoms with Crippen LogP contribution in [0, 0.1) is 6.92 Å². The van der Waals surface area contributed by atoms with Gasteiger partial charge in [-0.3, -0.25) is 4.79 Å². The maximum atomic E-state index is 12.2. The highest BCUT2D eigenvalue weighted by Gasteiger charge is 2.18. The molecule has 0 saturated carbocycles. The zero-order valence-corrected chi connectivity index (χ0v) is 14.4. The minimum absolute atomic E-state index is 0.120. The van der Waals surface area contributed by atoms with Gasteiger partial charge < -0.3 is 9.64 Å². The zero-order chi connectivity index (χ0) is 16.8. The van der Waals surface area contributed by atoms with Crippen LogP contribution in [0.5, 0.6) is 5.75 Å². The second-order valence-corrected chi connectivity index (χ2v) is 6.89. The van der Waals surface area contributed by atoms with Crippen molar-refractivity contribution in [1.82, 2.24) is 9.62 Å². The predicted molar refractivity (Wildman–Crippen MR) is 85.5 cm³/mol. The molecule has 0 spiro atoms. The third kappa shape index (κ3) is 4.99. The molecule has 6 nitrogen and oxygen atoms in total. The molecule has 7 heteroatoms.